The van der Waals surface area contributed by atoms with E-state index in [1.54, 1.807) is 17.0 Å². The van der Waals surface area contributed by atoms with E-state index in [0.717, 1.165) is 24.1 Å². The number of carbonyl (C=O) groups excluding carboxylic acids is 2. The zero-order valence-corrected chi connectivity index (χ0v) is 17.7. The number of halogens is 6. The molecule has 0 saturated carbocycles. The summed E-state index contributed by atoms with van der Waals surface area (Å²) in [6, 6.07) is 10.5. The molecule has 4 rings (SSSR count). The van der Waals surface area contributed by atoms with Gasteiger partial charge in [-0.2, -0.15) is 31.3 Å². The van der Waals surface area contributed by atoms with Crippen LogP contribution in [-0.2, 0) is 32.0 Å². The second-order valence-corrected chi connectivity index (χ2v) is 7.68. The molecule has 0 saturated heterocycles. The van der Waals surface area contributed by atoms with Crippen LogP contribution in [0.5, 0.6) is 5.88 Å². The maximum Gasteiger partial charge on any atom is 0.491 e. The summed E-state index contributed by atoms with van der Waals surface area (Å²) in [5, 5.41) is 2.45. The summed E-state index contributed by atoms with van der Waals surface area (Å²) in [6.45, 7) is -0.652. The van der Waals surface area contributed by atoms with Crippen molar-refractivity contribution in [1.82, 2.24) is 10.3 Å². The highest BCUT2D eigenvalue weighted by Crippen LogP contribution is 2.36. The fraction of sp³-hybridized carbons (Fsp3) is 0.381. The lowest BCUT2D eigenvalue weighted by atomic mass is 10.0. The van der Waals surface area contributed by atoms with Crippen LogP contribution in [0.4, 0.5) is 37.8 Å². The molecule has 0 fully saturated rings. The number of benzene rings is 1. The van der Waals surface area contributed by atoms with Crippen LogP contribution >= 0.6 is 0 Å². The van der Waals surface area contributed by atoms with Crippen LogP contribution in [0.15, 0.2) is 36.4 Å². The Hall–Kier alpha value is -3.55. The summed E-state index contributed by atoms with van der Waals surface area (Å²) < 4.78 is 90.6. The van der Waals surface area contributed by atoms with Crippen molar-refractivity contribution in [2.75, 3.05) is 18.0 Å². The fourth-order valence-electron chi connectivity index (χ4n) is 3.67. The number of anilines is 2. The molecule has 1 aromatic heterocycles. The number of fused-ring (bicyclic) bond motifs is 2. The van der Waals surface area contributed by atoms with Crippen molar-refractivity contribution in [3.05, 3.63) is 47.5 Å². The van der Waals surface area contributed by atoms with Gasteiger partial charge in [0.1, 0.15) is 12.4 Å². The number of pyridine rings is 1. The first-order valence-corrected chi connectivity index (χ1v) is 10.2. The highest BCUT2D eigenvalue weighted by atomic mass is 19.4. The minimum Gasteiger partial charge on any atom is -0.401 e. The van der Waals surface area contributed by atoms with E-state index >= 15 is 0 Å². The average molecular weight is 505 g/mol. The number of para-hydroxylation sites is 1. The molecule has 8 nitrogen and oxygen atoms in total. The molecule has 0 radical (unpaired) electrons. The van der Waals surface area contributed by atoms with E-state index in [0.29, 0.717) is 6.54 Å². The third-order valence-electron chi connectivity index (χ3n) is 5.18. The van der Waals surface area contributed by atoms with Crippen molar-refractivity contribution in [2.45, 2.75) is 37.7 Å². The minimum absolute atomic E-state index is 0.145. The number of aryl methyl sites for hydroxylation is 1. The molecule has 0 atom stereocenters. The number of ether oxygens (including phenoxy) is 3. The third kappa shape index (κ3) is 5.26. The molecular weight excluding hydrogens is 488 g/mol. The van der Waals surface area contributed by atoms with Gasteiger partial charge in [-0.25, -0.2) is 9.59 Å². The Balaban J connectivity index is 1.72. The highest BCUT2D eigenvalue weighted by molar-refractivity contribution is 5.78. The number of nitrogens with one attached hydrogen (secondary N) is 1. The number of carbonyl (C=O) groups is 2. The molecule has 188 valence electrons. The fourth-order valence-corrected chi connectivity index (χ4v) is 3.67. The number of aromatic nitrogens is 1. The minimum atomic E-state index is -5.61. The highest BCUT2D eigenvalue weighted by Gasteiger charge is 2.55. The number of hydrogen-bond donors (Lipinski definition) is 1. The van der Waals surface area contributed by atoms with E-state index in [9.17, 15) is 35.9 Å². The molecule has 2 aliphatic rings. The summed E-state index contributed by atoms with van der Waals surface area (Å²) in [6.07, 6.45) is -9.65. The second-order valence-electron chi connectivity index (χ2n) is 7.68. The Labute approximate surface area is 193 Å². The van der Waals surface area contributed by atoms with Crippen LogP contribution < -0.4 is 15.0 Å². The largest absolute Gasteiger partial charge is 0.491 e. The lowest BCUT2D eigenvalue weighted by molar-refractivity contribution is -0.331. The molecule has 2 aliphatic heterocycles. The Kier molecular flexibility index (Phi) is 6.25. The molecule has 2 aromatic rings. The van der Waals surface area contributed by atoms with E-state index in [1.807, 2.05) is 18.2 Å². The van der Waals surface area contributed by atoms with Gasteiger partial charge >= 0.3 is 30.3 Å². The van der Waals surface area contributed by atoms with E-state index in [-0.39, 0.29) is 17.9 Å². The van der Waals surface area contributed by atoms with Crippen molar-refractivity contribution in [3.63, 3.8) is 0 Å². The molecule has 3 heterocycles. The van der Waals surface area contributed by atoms with E-state index in [2.05, 4.69) is 19.8 Å². The summed E-state index contributed by atoms with van der Waals surface area (Å²) in [5.41, 5.74) is 2.05. The molecule has 0 bridgehead atoms. The first kappa shape index (κ1) is 24.6. The SMILES string of the molecule is O=C(OC1(OC(=O)C(F)(F)F)CNCc2ccc(N3CCCc4ccccc43)nc2O1)C(F)(F)F. The normalized spacial score (nSPS) is 17.4. The molecule has 35 heavy (non-hydrogen) atoms. The van der Waals surface area contributed by atoms with Crippen LogP contribution in [0.2, 0.25) is 0 Å². The average Bonchev–Trinajstić information content (AvgIpc) is 2.95. The Morgan fingerprint density at radius 3 is 2.29 bits per heavy atom. The molecule has 0 spiro atoms. The predicted octanol–water partition coefficient (Wildman–Crippen LogP) is 3.51. The van der Waals surface area contributed by atoms with Crippen molar-refractivity contribution in [1.29, 1.82) is 0 Å². The molecule has 1 aromatic carbocycles. The van der Waals surface area contributed by atoms with E-state index in [1.165, 1.54) is 6.07 Å². The van der Waals surface area contributed by atoms with Crippen LogP contribution in [0.25, 0.3) is 0 Å². The molecule has 14 heteroatoms. The lowest BCUT2D eigenvalue weighted by Gasteiger charge is -2.32. The zero-order chi connectivity index (χ0) is 25.4. The number of alkyl halides is 6. The maximum atomic E-state index is 12.9. The van der Waals surface area contributed by atoms with Gasteiger partial charge in [-0.1, -0.05) is 18.2 Å². The Morgan fingerprint density at radius 1 is 0.971 bits per heavy atom. The van der Waals surface area contributed by atoms with Gasteiger partial charge < -0.3 is 24.4 Å². The standard InChI is InChI=1S/C21H17F6N3O5/c22-20(23,24)17(31)34-19(35-18(32)21(25,26)27)11-28-10-13-7-8-15(29-16(13)33-19)30-9-3-5-12-4-1-2-6-14(12)30/h1-2,4,6-8,28H,3,5,9-11H2. The van der Waals surface area contributed by atoms with Gasteiger partial charge in [0.15, 0.2) is 0 Å². The zero-order valence-electron chi connectivity index (χ0n) is 17.7. The van der Waals surface area contributed by atoms with Crippen molar-refractivity contribution >= 4 is 23.4 Å². The molecule has 0 unspecified atom stereocenters. The molecule has 1 N–H and O–H groups in total. The summed E-state index contributed by atoms with van der Waals surface area (Å²) in [4.78, 5) is 29.0. The second kappa shape index (κ2) is 8.91. The third-order valence-corrected chi connectivity index (χ3v) is 5.18. The van der Waals surface area contributed by atoms with E-state index in [4.69, 9.17) is 4.74 Å². The Morgan fingerprint density at radius 2 is 1.63 bits per heavy atom. The maximum absolute atomic E-state index is 12.9. The number of hydrogen-bond acceptors (Lipinski definition) is 8. The van der Waals surface area contributed by atoms with Gasteiger partial charge in [0.05, 0.1) is 0 Å². The number of nitrogens with zero attached hydrogens (tertiary/aromatic N) is 2. The molecule has 0 aliphatic carbocycles. The van der Waals surface area contributed by atoms with E-state index < -0.39 is 42.7 Å². The van der Waals surface area contributed by atoms with Gasteiger partial charge in [0, 0.05) is 24.3 Å². The van der Waals surface area contributed by atoms with Gasteiger partial charge in [0.2, 0.25) is 5.88 Å². The number of rotatable bonds is 3. The number of esters is 2. The van der Waals surface area contributed by atoms with Crippen molar-refractivity contribution < 1.29 is 50.1 Å². The van der Waals surface area contributed by atoms with Crippen molar-refractivity contribution in [3.8, 4) is 5.88 Å². The van der Waals surface area contributed by atoms with Gasteiger partial charge in [-0.05, 0) is 36.6 Å². The summed E-state index contributed by atoms with van der Waals surface area (Å²) in [7, 11) is 0. The van der Waals surface area contributed by atoms with Gasteiger partial charge in [-0.15, -0.1) is 0 Å². The Bertz CT molecular complexity index is 1110. The summed E-state index contributed by atoms with van der Waals surface area (Å²) >= 11 is 0. The van der Waals surface area contributed by atoms with Gasteiger partial charge in [0.25, 0.3) is 0 Å². The quantitative estimate of drug-likeness (QED) is 0.385. The molecular formula is C21H17F6N3O5. The lowest BCUT2D eigenvalue weighted by Crippen LogP contribution is -2.55. The van der Waals surface area contributed by atoms with Crippen LogP contribution in [0.3, 0.4) is 0 Å². The van der Waals surface area contributed by atoms with Gasteiger partial charge in [-0.3, -0.25) is 0 Å². The van der Waals surface area contributed by atoms with Crippen LogP contribution in [-0.4, -0.2) is 48.3 Å². The molecule has 0 amide bonds. The summed E-state index contributed by atoms with van der Waals surface area (Å²) in [5.74, 6) is -9.45. The van der Waals surface area contributed by atoms with Crippen LogP contribution in [0, 0.1) is 0 Å². The smallest absolute Gasteiger partial charge is 0.401 e. The predicted molar refractivity (Wildman–Crippen MR) is 105 cm³/mol. The topological polar surface area (TPSA) is 90.0 Å². The first-order chi connectivity index (χ1) is 16.4. The van der Waals surface area contributed by atoms with Crippen molar-refractivity contribution in [2.24, 2.45) is 0 Å². The monoisotopic (exact) mass is 505 g/mol. The van der Waals surface area contributed by atoms with Crippen LogP contribution in [0.1, 0.15) is 17.5 Å². The first-order valence-electron chi connectivity index (χ1n) is 10.2.